The van der Waals surface area contributed by atoms with E-state index in [0.717, 1.165) is 11.4 Å². The fourth-order valence-corrected chi connectivity index (χ4v) is 3.64. The Morgan fingerprint density at radius 1 is 1.09 bits per heavy atom. The molecule has 1 N–H and O–H groups in total. The molecule has 2 amide bonds. The molecule has 0 atom stereocenters. The van der Waals surface area contributed by atoms with E-state index in [2.05, 4.69) is 26.1 Å². The third-order valence-corrected chi connectivity index (χ3v) is 5.69. The fraction of sp³-hybridized carbons (Fsp3) is 0.320. The molecule has 34 heavy (non-hydrogen) atoms. The molecule has 0 fully saturated rings. The van der Waals surface area contributed by atoms with E-state index in [0.29, 0.717) is 34.4 Å². The predicted octanol–water partition coefficient (Wildman–Crippen LogP) is 4.65. The fourth-order valence-electron chi connectivity index (χ4n) is 3.51. The van der Waals surface area contributed by atoms with E-state index in [1.54, 1.807) is 35.0 Å². The molecule has 0 unspecified atom stereocenters. The summed E-state index contributed by atoms with van der Waals surface area (Å²) in [7, 11) is 0. The highest BCUT2D eigenvalue weighted by atomic mass is 35.5. The van der Waals surface area contributed by atoms with Gasteiger partial charge < -0.3 is 19.7 Å². The molecule has 3 aromatic rings. The van der Waals surface area contributed by atoms with Crippen molar-refractivity contribution in [3.63, 3.8) is 0 Å². The molecule has 1 aliphatic rings. The number of hydrogen-bond donors (Lipinski definition) is 1. The number of benzene rings is 2. The number of halogens is 1. The number of fused-ring (bicyclic) bond motifs is 1. The van der Waals surface area contributed by atoms with E-state index in [1.165, 1.54) is 4.90 Å². The Morgan fingerprint density at radius 3 is 2.47 bits per heavy atom. The minimum Gasteiger partial charge on any atom is -0.454 e. The van der Waals surface area contributed by atoms with Crippen LogP contribution in [0.25, 0.3) is 5.69 Å². The standard InChI is InChI=1S/C25H27ClN4O4/c1-5-29(24(32)16-6-11-19-20(12-16)34-15-33-19)14-23(31)27-22-13-21(25(2,3)4)28-30(22)18-9-7-17(26)8-10-18/h6-13H,5,14-15H2,1-4H3,(H,27,31). The zero-order chi connectivity index (χ0) is 24.5. The maximum atomic E-state index is 13.0. The molecule has 4 rings (SSSR count). The van der Waals surface area contributed by atoms with Crippen molar-refractivity contribution in [3.05, 3.63) is 64.8 Å². The van der Waals surface area contributed by atoms with Crippen LogP contribution in [-0.4, -0.2) is 46.4 Å². The molecule has 178 valence electrons. The van der Waals surface area contributed by atoms with Crippen LogP contribution >= 0.6 is 11.6 Å². The summed E-state index contributed by atoms with van der Waals surface area (Å²) in [4.78, 5) is 27.5. The predicted molar refractivity (Wildman–Crippen MR) is 130 cm³/mol. The summed E-state index contributed by atoms with van der Waals surface area (Å²) >= 11 is 6.03. The minimum atomic E-state index is -0.327. The largest absolute Gasteiger partial charge is 0.454 e. The first-order chi connectivity index (χ1) is 16.2. The van der Waals surface area contributed by atoms with Crippen molar-refractivity contribution < 1.29 is 19.1 Å². The average Bonchev–Trinajstić information content (AvgIpc) is 3.44. The van der Waals surface area contributed by atoms with Crippen LogP contribution in [-0.2, 0) is 10.2 Å². The van der Waals surface area contributed by atoms with Gasteiger partial charge in [0.15, 0.2) is 11.5 Å². The van der Waals surface area contributed by atoms with E-state index in [4.69, 9.17) is 26.2 Å². The van der Waals surface area contributed by atoms with Gasteiger partial charge in [0, 0.05) is 28.6 Å². The van der Waals surface area contributed by atoms with Gasteiger partial charge >= 0.3 is 0 Å². The second-order valence-corrected chi connectivity index (χ2v) is 9.43. The molecular formula is C25H27ClN4O4. The molecule has 0 bridgehead atoms. The lowest BCUT2D eigenvalue weighted by atomic mass is 9.92. The Labute approximate surface area is 203 Å². The Kier molecular flexibility index (Phi) is 6.52. The first-order valence-electron chi connectivity index (χ1n) is 11.0. The second kappa shape index (κ2) is 9.38. The van der Waals surface area contributed by atoms with Crippen LogP contribution in [0.2, 0.25) is 5.02 Å². The Balaban J connectivity index is 1.53. The highest BCUT2D eigenvalue weighted by Crippen LogP contribution is 2.33. The third-order valence-electron chi connectivity index (χ3n) is 5.44. The van der Waals surface area contributed by atoms with Gasteiger partial charge in [-0.3, -0.25) is 9.59 Å². The monoisotopic (exact) mass is 482 g/mol. The van der Waals surface area contributed by atoms with Gasteiger partial charge in [-0.2, -0.15) is 5.10 Å². The van der Waals surface area contributed by atoms with Crippen LogP contribution in [0.5, 0.6) is 11.5 Å². The van der Waals surface area contributed by atoms with Gasteiger partial charge in [-0.1, -0.05) is 32.4 Å². The summed E-state index contributed by atoms with van der Waals surface area (Å²) < 4.78 is 12.3. The Morgan fingerprint density at radius 2 is 1.79 bits per heavy atom. The van der Waals surface area contributed by atoms with E-state index in [-0.39, 0.29) is 30.6 Å². The quantitative estimate of drug-likeness (QED) is 0.552. The highest BCUT2D eigenvalue weighted by Gasteiger charge is 2.24. The molecular weight excluding hydrogens is 456 g/mol. The molecule has 0 saturated carbocycles. The zero-order valence-electron chi connectivity index (χ0n) is 19.6. The number of nitrogens with zero attached hydrogens (tertiary/aromatic N) is 3. The number of nitrogens with one attached hydrogen (secondary N) is 1. The number of hydrogen-bond acceptors (Lipinski definition) is 5. The second-order valence-electron chi connectivity index (χ2n) is 8.99. The van der Waals surface area contributed by atoms with Crippen LogP contribution in [0.4, 0.5) is 5.82 Å². The number of aromatic nitrogens is 2. The number of anilines is 1. The van der Waals surface area contributed by atoms with Crippen molar-refractivity contribution in [2.24, 2.45) is 0 Å². The summed E-state index contributed by atoms with van der Waals surface area (Å²) in [5.41, 5.74) is 1.79. The molecule has 1 aliphatic heterocycles. The first kappa shape index (κ1) is 23.6. The molecule has 8 nitrogen and oxygen atoms in total. The third kappa shape index (κ3) is 5.02. The summed E-state index contributed by atoms with van der Waals surface area (Å²) in [5.74, 6) is 1.04. The number of ether oxygens (including phenoxy) is 2. The average molecular weight is 483 g/mol. The van der Waals surface area contributed by atoms with Gasteiger partial charge in [0.1, 0.15) is 12.4 Å². The van der Waals surface area contributed by atoms with E-state index < -0.39 is 0 Å². The van der Waals surface area contributed by atoms with Crippen LogP contribution in [0.15, 0.2) is 48.5 Å². The number of likely N-dealkylation sites (N-methyl/N-ethyl adjacent to an activating group) is 1. The number of carbonyl (C=O) groups excluding carboxylic acids is 2. The van der Waals surface area contributed by atoms with E-state index >= 15 is 0 Å². The number of rotatable bonds is 6. The minimum absolute atomic E-state index is 0.111. The number of amides is 2. The van der Waals surface area contributed by atoms with Crippen LogP contribution in [0.1, 0.15) is 43.7 Å². The smallest absolute Gasteiger partial charge is 0.254 e. The lowest BCUT2D eigenvalue weighted by molar-refractivity contribution is -0.116. The van der Waals surface area contributed by atoms with Crippen LogP contribution < -0.4 is 14.8 Å². The normalized spacial score (nSPS) is 12.5. The van der Waals surface area contributed by atoms with Crippen molar-refractivity contribution in [3.8, 4) is 17.2 Å². The van der Waals surface area contributed by atoms with E-state index in [9.17, 15) is 9.59 Å². The summed E-state index contributed by atoms with van der Waals surface area (Å²) in [6.07, 6.45) is 0. The molecule has 0 saturated heterocycles. The lowest BCUT2D eigenvalue weighted by Crippen LogP contribution is -2.38. The van der Waals surface area contributed by atoms with Crippen molar-refractivity contribution in [1.29, 1.82) is 0 Å². The Bertz CT molecular complexity index is 1210. The van der Waals surface area contributed by atoms with Gasteiger partial charge in [-0.15, -0.1) is 0 Å². The zero-order valence-corrected chi connectivity index (χ0v) is 20.3. The maximum absolute atomic E-state index is 13.0. The molecule has 9 heteroatoms. The maximum Gasteiger partial charge on any atom is 0.254 e. The molecule has 0 radical (unpaired) electrons. The summed E-state index contributed by atoms with van der Waals surface area (Å²) in [6.45, 7) is 8.37. The molecule has 2 aromatic carbocycles. The van der Waals surface area contributed by atoms with Gasteiger partial charge in [0.25, 0.3) is 5.91 Å². The highest BCUT2D eigenvalue weighted by molar-refractivity contribution is 6.30. The van der Waals surface area contributed by atoms with Gasteiger partial charge in [0.05, 0.1) is 11.4 Å². The first-order valence-corrected chi connectivity index (χ1v) is 11.4. The molecule has 1 aromatic heterocycles. The van der Waals surface area contributed by atoms with Crippen LogP contribution in [0, 0.1) is 0 Å². The molecule has 2 heterocycles. The lowest BCUT2D eigenvalue weighted by Gasteiger charge is -2.20. The van der Waals surface area contributed by atoms with Crippen molar-refractivity contribution in [2.75, 3.05) is 25.2 Å². The summed E-state index contributed by atoms with van der Waals surface area (Å²) in [5, 5.41) is 8.23. The Hall–Kier alpha value is -3.52. The SMILES string of the molecule is CCN(CC(=O)Nc1cc(C(C)(C)C)nn1-c1ccc(Cl)cc1)C(=O)c1ccc2c(c1)OCO2. The molecule has 0 aliphatic carbocycles. The molecule has 0 spiro atoms. The van der Waals surface area contributed by atoms with Gasteiger partial charge in [0.2, 0.25) is 12.7 Å². The van der Waals surface area contributed by atoms with E-state index in [1.807, 2.05) is 25.1 Å². The van der Waals surface area contributed by atoms with Gasteiger partial charge in [-0.25, -0.2) is 4.68 Å². The van der Waals surface area contributed by atoms with Crippen molar-refractivity contribution in [1.82, 2.24) is 14.7 Å². The van der Waals surface area contributed by atoms with Gasteiger partial charge in [-0.05, 0) is 49.4 Å². The van der Waals surface area contributed by atoms with Crippen LogP contribution in [0.3, 0.4) is 0 Å². The van der Waals surface area contributed by atoms with Crippen molar-refractivity contribution in [2.45, 2.75) is 33.1 Å². The topological polar surface area (TPSA) is 85.7 Å². The number of carbonyl (C=O) groups is 2. The van der Waals surface area contributed by atoms with Crippen molar-refractivity contribution >= 4 is 29.2 Å². The summed E-state index contributed by atoms with van der Waals surface area (Å²) in [6, 6.07) is 14.0.